The molecular formula is C4H6N2OS. The number of nitrogens with zero attached hydrogens (tertiary/aromatic N) is 1. The molecule has 44 valence electrons. The molecule has 3 nitrogen and oxygen atoms in total. The van der Waals surface area contributed by atoms with Gasteiger partial charge in [0.2, 0.25) is 0 Å². The Bertz CT molecular complexity index is 214. The first-order valence-corrected chi connectivity index (χ1v) is 2.60. The molecule has 0 aliphatic carbocycles. The number of hydrogen-bond donors (Lipinski definition) is 2. The van der Waals surface area contributed by atoms with E-state index in [0.717, 1.165) is 0 Å². The van der Waals surface area contributed by atoms with E-state index >= 15 is 0 Å². The number of aliphatic hydroxyl groups is 1. The van der Waals surface area contributed by atoms with Crippen molar-refractivity contribution in [1.29, 1.82) is 0 Å². The molecule has 4 heteroatoms. The average Bonchev–Trinajstić information content (AvgIpc) is 2.14. The molecule has 1 aromatic heterocycles. The van der Waals surface area contributed by atoms with Crippen LogP contribution in [0, 0.1) is 4.77 Å². The summed E-state index contributed by atoms with van der Waals surface area (Å²) in [4.78, 5) is 2.74. The molecular weight excluding hydrogens is 124 g/mol. The van der Waals surface area contributed by atoms with Crippen molar-refractivity contribution in [3.63, 3.8) is 0 Å². The fourth-order valence-electron chi connectivity index (χ4n) is 0.461. The number of imidazole rings is 1. The third kappa shape index (κ3) is 0.801. The molecule has 1 aromatic rings. The highest BCUT2D eigenvalue weighted by molar-refractivity contribution is 7.71. The molecule has 0 aliphatic rings. The average molecular weight is 130 g/mol. The van der Waals surface area contributed by atoms with Crippen LogP contribution in [0.1, 0.15) is 0 Å². The second-order valence-corrected chi connectivity index (χ2v) is 1.76. The van der Waals surface area contributed by atoms with Gasteiger partial charge < -0.3 is 14.7 Å². The highest BCUT2D eigenvalue weighted by atomic mass is 32.1. The lowest BCUT2D eigenvalue weighted by Crippen LogP contribution is -1.92. The molecule has 0 bridgehead atoms. The molecule has 0 saturated heterocycles. The van der Waals surface area contributed by atoms with E-state index in [9.17, 15) is 0 Å². The van der Waals surface area contributed by atoms with Gasteiger partial charge in [-0.3, -0.25) is 0 Å². The Morgan fingerprint density at radius 1 is 1.88 bits per heavy atom. The van der Waals surface area contributed by atoms with Gasteiger partial charge in [0.1, 0.15) is 6.73 Å². The van der Waals surface area contributed by atoms with Crippen LogP contribution in [0.3, 0.4) is 0 Å². The molecule has 1 rings (SSSR count). The van der Waals surface area contributed by atoms with Crippen molar-refractivity contribution < 1.29 is 5.11 Å². The maximum atomic E-state index is 8.48. The molecule has 0 saturated carbocycles. The summed E-state index contributed by atoms with van der Waals surface area (Å²) in [6.45, 7) is -0.0532. The molecule has 0 aromatic carbocycles. The van der Waals surface area contributed by atoms with Crippen LogP contribution in [0.25, 0.3) is 0 Å². The van der Waals surface area contributed by atoms with E-state index in [1.165, 1.54) is 4.57 Å². The Kier molecular flexibility index (Phi) is 1.45. The summed E-state index contributed by atoms with van der Waals surface area (Å²) in [6, 6.07) is 0. The number of nitrogens with one attached hydrogen (secondary N) is 1. The van der Waals surface area contributed by atoms with Crippen LogP contribution in [-0.4, -0.2) is 14.7 Å². The van der Waals surface area contributed by atoms with Crippen molar-refractivity contribution in [2.45, 2.75) is 6.73 Å². The smallest absolute Gasteiger partial charge is 0.179 e. The van der Waals surface area contributed by atoms with Crippen LogP contribution in [0.15, 0.2) is 12.4 Å². The number of rotatable bonds is 1. The summed E-state index contributed by atoms with van der Waals surface area (Å²) in [5.41, 5.74) is 0. The molecule has 2 N–H and O–H groups in total. The first kappa shape index (κ1) is 5.53. The number of H-pyrrole nitrogens is 1. The van der Waals surface area contributed by atoms with Crippen LogP contribution in [0.5, 0.6) is 0 Å². The normalized spacial score (nSPS) is 9.62. The van der Waals surface area contributed by atoms with Crippen molar-refractivity contribution in [3.05, 3.63) is 17.2 Å². The molecule has 0 amide bonds. The van der Waals surface area contributed by atoms with Crippen molar-refractivity contribution in [2.75, 3.05) is 0 Å². The van der Waals surface area contributed by atoms with E-state index < -0.39 is 0 Å². The highest BCUT2D eigenvalue weighted by Gasteiger charge is 1.83. The molecule has 0 radical (unpaired) electrons. The van der Waals surface area contributed by atoms with Gasteiger partial charge in [0.25, 0.3) is 0 Å². The van der Waals surface area contributed by atoms with E-state index in [4.69, 9.17) is 17.3 Å². The van der Waals surface area contributed by atoms with E-state index in [2.05, 4.69) is 4.98 Å². The SMILES string of the molecule is OCn1cc[nH]c1=S. The monoisotopic (exact) mass is 130 g/mol. The van der Waals surface area contributed by atoms with Crippen LogP contribution in [0.2, 0.25) is 0 Å². The summed E-state index contributed by atoms with van der Waals surface area (Å²) < 4.78 is 2.07. The Morgan fingerprint density at radius 3 is 2.88 bits per heavy atom. The maximum Gasteiger partial charge on any atom is 0.179 e. The predicted molar refractivity (Wildman–Crippen MR) is 31.8 cm³/mol. The molecule has 0 fully saturated rings. The second-order valence-electron chi connectivity index (χ2n) is 1.38. The lowest BCUT2D eigenvalue weighted by Gasteiger charge is -1.89. The Labute approximate surface area is 51.6 Å². The topological polar surface area (TPSA) is 41.0 Å². The molecule has 0 aliphatic heterocycles. The highest BCUT2D eigenvalue weighted by Crippen LogP contribution is 1.85. The van der Waals surface area contributed by atoms with Crippen LogP contribution >= 0.6 is 12.2 Å². The zero-order chi connectivity index (χ0) is 5.98. The Hall–Kier alpha value is -0.610. The van der Waals surface area contributed by atoms with Crippen molar-refractivity contribution in [3.8, 4) is 0 Å². The number of aliphatic hydroxyl groups excluding tert-OH is 1. The zero-order valence-electron chi connectivity index (χ0n) is 4.16. The third-order valence-corrected chi connectivity index (χ3v) is 1.23. The van der Waals surface area contributed by atoms with E-state index in [1.807, 2.05) is 0 Å². The zero-order valence-corrected chi connectivity index (χ0v) is 4.98. The van der Waals surface area contributed by atoms with Gasteiger partial charge in [-0.25, -0.2) is 0 Å². The fourth-order valence-corrected chi connectivity index (χ4v) is 0.647. The van der Waals surface area contributed by atoms with E-state index in [0.29, 0.717) is 4.77 Å². The number of aromatic nitrogens is 2. The van der Waals surface area contributed by atoms with Gasteiger partial charge in [-0.1, -0.05) is 0 Å². The molecule has 0 atom stereocenters. The molecule has 0 unspecified atom stereocenters. The summed E-state index contributed by atoms with van der Waals surface area (Å²) in [5.74, 6) is 0. The largest absolute Gasteiger partial charge is 0.376 e. The predicted octanol–water partition coefficient (Wildman–Crippen LogP) is 0.495. The first-order valence-electron chi connectivity index (χ1n) is 2.19. The Balaban J connectivity index is 3.11. The minimum Gasteiger partial charge on any atom is -0.376 e. The van der Waals surface area contributed by atoms with Crippen LogP contribution in [-0.2, 0) is 6.73 Å². The van der Waals surface area contributed by atoms with Gasteiger partial charge in [0.05, 0.1) is 0 Å². The number of aromatic amines is 1. The lowest BCUT2D eigenvalue weighted by molar-refractivity contribution is 0.208. The second kappa shape index (κ2) is 2.11. The lowest BCUT2D eigenvalue weighted by atomic mass is 10.9. The van der Waals surface area contributed by atoms with Crippen LogP contribution in [0.4, 0.5) is 0 Å². The standard InChI is InChI=1S/C4H6N2OS/c7-3-6-2-1-5-4(6)8/h1-2,7H,3H2,(H,5,8). The fraction of sp³-hybridized carbons (Fsp3) is 0.250. The van der Waals surface area contributed by atoms with Gasteiger partial charge in [-0.15, -0.1) is 0 Å². The van der Waals surface area contributed by atoms with Gasteiger partial charge in [-0.2, -0.15) is 0 Å². The summed E-state index contributed by atoms with van der Waals surface area (Å²) in [7, 11) is 0. The van der Waals surface area contributed by atoms with Gasteiger partial charge >= 0.3 is 0 Å². The van der Waals surface area contributed by atoms with Crippen molar-refractivity contribution in [2.24, 2.45) is 0 Å². The van der Waals surface area contributed by atoms with Crippen LogP contribution < -0.4 is 0 Å². The summed E-state index contributed by atoms with van der Waals surface area (Å²) >= 11 is 4.73. The maximum absolute atomic E-state index is 8.48. The van der Waals surface area contributed by atoms with Crippen molar-refractivity contribution in [1.82, 2.24) is 9.55 Å². The van der Waals surface area contributed by atoms with E-state index in [-0.39, 0.29) is 6.73 Å². The third-order valence-electron chi connectivity index (χ3n) is 0.875. The minimum atomic E-state index is -0.0532. The summed E-state index contributed by atoms with van der Waals surface area (Å²) in [6.07, 6.45) is 3.36. The van der Waals surface area contributed by atoms with E-state index in [1.54, 1.807) is 12.4 Å². The van der Waals surface area contributed by atoms with Gasteiger partial charge in [-0.05, 0) is 12.2 Å². The van der Waals surface area contributed by atoms with Gasteiger partial charge in [0.15, 0.2) is 4.77 Å². The Morgan fingerprint density at radius 2 is 2.62 bits per heavy atom. The number of hydrogen-bond acceptors (Lipinski definition) is 2. The molecule has 8 heavy (non-hydrogen) atoms. The first-order chi connectivity index (χ1) is 3.84. The summed E-state index contributed by atoms with van der Waals surface area (Å²) in [5, 5.41) is 8.48. The molecule has 1 heterocycles. The quantitative estimate of drug-likeness (QED) is 0.543. The van der Waals surface area contributed by atoms with Crippen molar-refractivity contribution >= 4 is 12.2 Å². The van der Waals surface area contributed by atoms with Gasteiger partial charge in [0, 0.05) is 12.4 Å². The molecule has 0 spiro atoms. The minimum absolute atomic E-state index is 0.0532.